The van der Waals surface area contributed by atoms with Gasteiger partial charge in [0.25, 0.3) is 5.91 Å². The van der Waals surface area contributed by atoms with Crippen LogP contribution in [0, 0.1) is 6.92 Å². The van der Waals surface area contributed by atoms with Crippen molar-refractivity contribution in [3.8, 4) is 0 Å². The van der Waals surface area contributed by atoms with Crippen LogP contribution in [0.4, 0.5) is 0 Å². The SMILES string of the molecule is CCc1oc(C(=O)NC2(CC(=O)O)CCCC2)cc1C. The van der Waals surface area contributed by atoms with E-state index >= 15 is 0 Å². The molecule has 2 rings (SSSR count). The molecule has 0 atom stereocenters. The largest absolute Gasteiger partial charge is 0.481 e. The predicted octanol–water partition coefficient (Wildman–Crippen LogP) is 2.67. The first-order valence-electron chi connectivity index (χ1n) is 7.09. The molecule has 1 aromatic heterocycles. The standard InChI is InChI=1S/C15H21NO4/c1-3-11-10(2)8-12(20-11)14(19)16-15(9-13(17)18)6-4-5-7-15/h8H,3-7,9H2,1-2H3,(H,16,19)(H,17,18). The Labute approximate surface area is 118 Å². The van der Waals surface area contributed by atoms with Gasteiger partial charge in [-0.2, -0.15) is 0 Å². The van der Waals surface area contributed by atoms with E-state index in [1.54, 1.807) is 6.07 Å². The molecule has 2 N–H and O–H groups in total. The van der Waals surface area contributed by atoms with E-state index in [9.17, 15) is 9.59 Å². The van der Waals surface area contributed by atoms with Crippen molar-refractivity contribution >= 4 is 11.9 Å². The second-order valence-electron chi connectivity index (χ2n) is 5.58. The molecule has 1 saturated carbocycles. The molecule has 5 nitrogen and oxygen atoms in total. The molecule has 110 valence electrons. The highest BCUT2D eigenvalue weighted by Gasteiger charge is 2.38. The summed E-state index contributed by atoms with van der Waals surface area (Å²) in [7, 11) is 0. The quantitative estimate of drug-likeness (QED) is 0.868. The molecule has 1 heterocycles. The van der Waals surface area contributed by atoms with Gasteiger partial charge in [0.15, 0.2) is 5.76 Å². The number of aryl methyl sites for hydroxylation is 2. The molecule has 0 radical (unpaired) electrons. The van der Waals surface area contributed by atoms with Crippen molar-refractivity contribution in [3.05, 3.63) is 23.2 Å². The third-order valence-electron chi connectivity index (χ3n) is 3.99. The van der Waals surface area contributed by atoms with Gasteiger partial charge in [0, 0.05) is 6.42 Å². The number of carboxylic acids is 1. The lowest BCUT2D eigenvalue weighted by molar-refractivity contribution is -0.138. The molecule has 1 aliphatic carbocycles. The minimum Gasteiger partial charge on any atom is -0.481 e. The van der Waals surface area contributed by atoms with E-state index in [0.29, 0.717) is 12.8 Å². The van der Waals surface area contributed by atoms with Gasteiger partial charge < -0.3 is 14.8 Å². The van der Waals surface area contributed by atoms with Crippen LogP contribution >= 0.6 is 0 Å². The zero-order valence-corrected chi connectivity index (χ0v) is 12.0. The van der Waals surface area contributed by atoms with E-state index in [4.69, 9.17) is 9.52 Å². The Bertz CT molecular complexity index is 512. The van der Waals surface area contributed by atoms with E-state index in [-0.39, 0.29) is 18.1 Å². The minimum atomic E-state index is -0.878. The van der Waals surface area contributed by atoms with Crippen molar-refractivity contribution in [1.29, 1.82) is 0 Å². The molecule has 0 aromatic carbocycles. The van der Waals surface area contributed by atoms with Gasteiger partial charge in [-0.3, -0.25) is 9.59 Å². The molecule has 1 amide bonds. The van der Waals surface area contributed by atoms with Crippen molar-refractivity contribution in [2.75, 3.05) is 0 Å². The number of hydrogen-bond donors (Lipinski definition) is 2. The van der Waals surface area contributed by atoms with Gasteiger partial charge in [0.1, 0.15) is 5.76 Å². The Balaban J connectivity index is 2.13. The van der Waals surface area contributed by atoms with Crippen molar-refractivity contribution in [2.24, 2.45) is 0 Å². The fraction of sp³-hybridized carbons (Fsp3) is 0.600. The van der Waals surface area contributed by atoms with Gasteiger partial charge in [-0.05, 0) is 31.4 Å². The van der Waals surface area contributed by atoms with Crippen molar-refractivity contribution < 1.29 is 19.1 Å². The van der Waals surface area contributed by atoms with E-state index in [1.165, 1.54) is 0 Å². The molecule has 0 aliphatic heterocycles. The molecule has 0 spiro atoms. The maximum atomic E-state index is 12.3. The highest BCUT2D eigenvalue weighted by Crippen LogP contribution is 2.33. The highest BCUT2D eigenvalue weighted by atomic mass is 16.4. The topological polar surface area (TPSA) is 79.5 Å². The Morgan fingerprint density at radius 1 is 1.40 bits per heavy atom. The first-order chi connectivity index (χ1) is 9.46. The van der Waals surface area contributed by atoms with Crippen LogP contribution in [-0.2, 0) is 11.2 Å². The molecular formula is C15H21NO4. The number of carboxylic acid groups (broad SMARTS) is 1. The normalized spacial score (nSPS) is 17.1. The summed E-state index contributed by atoms with van der Waals surface area (Å²) >= 11 is 0. The van der Waals surface area contributed by atoms with E-state index in [1.807, 2.05) is 13.8 Å². The van der Waals surface area contributed by atoms with Gasteiger partial charge in [0.2, 0.25) is 0 Å². The Morgan fingerprint density at radius 3 is 2.55 bits per heavy atom. The number of carbonyl (C=O) groups is 2. The van der Waals surface area contributed by atoms with Crippen LogP contribution in [-0.4, -0.2) is 22.5 Å². The third kappa shape index (κ3) is 3.03. The van der Waals surface area contributed by atoms with Gasteiger partial charge in [-0.25, -0.2) is 0 Å². The molecule has 5 heteroatoms. The van der Waals surface area contributed by atoms with Crippen LogP contribution in [0.25, 0.3) is 0 Å². The maximum Gasteiger partial charge on any atom is 0.305 e. The number of amides is 1. The van der Waals surface area contributed by atoms with Crippen LogP contribution in [0.5, 0.6) is 0 Å². The van der Waals surface area contributed by atoms with E-state index < -0.39 is 11.5 Å². The molecule has 1 aromatic rings. The van der Waals surface area contributed by atoms with Gasteiger partial charge in [-0.1, -0.05) is 19.8 Å². The third-order valence-corrected chi connectivity index (χ3v) is 3.99. The lowest BCUT2D eigenvalue weighted by Crippen LogP contribution is -2.47. The zero-order chi connectivity index (χ0) is 14.8. The van der Waals surface area contributed by atoms with E-state index in [0.717, 1.165) is 30.6 Å². The van der Waals surface area contributed by atoms with Gasteiger partial charge >= 0.3 is 5.97 Å². The number of aliphatic carboxylic acids is 1. The van der Waals surface area contributed by atoms with Crippen LogP contribution in [0.15, 0.2) is 10.5 Å². The Hall–Kier alpha value is -1.78. The van der Waals surface area contributed by atoms with Crippen molar-refractivity contribution in [1.82, 2.24) is 5.32 Å². The molecule has 1 aliphatic rings. The summed E-state index contributed by atoms with van der Waals surface area (Å²) in [6.45, 7) is 3.87. The molecule has 0 unspecified atom stereocenters. The summed E-state index contributed by atoms with van der Waals surface area (Å²) in [4.78, 5) is 23.3. The highest BCUT2D eigenvalue weighted by molar-refractivity contribution is 5.92. The predicted molar refractivity (Wildman–Crippen MR) is 73.7 cm³/mol. The van der Waals surface area contributed by atoms with Crippen LogP contribution < -0.4 is 5.32 Å². The summed E-state index contributed by atoms with van der Waals surface area (Å²) in [6, 6.07) is 1.72. The van der Waals surface area contributed by atoms with Crippen LogP contribution in [0.1, 0.15) is 60.9 Å². The summed E-state index contributed by atoms with van der Waals surface area (Å²) < 4.78 is 5.53. The number of nitrogens with one attached hydrogen (secondary N) is 1. The monoisotopic (exact) mass is 279 g/mol. The molecule has 20 heavy (non-hydrogen) atoms. The molecular weight excluding hydrogens is 258 g/mol. The summed E-state index contributed by atoms with van der Waals surface area (Å²) in [5.74, 6) is -0.113. The van der Waals surface area contributed by atoms with Crippen LogP contribution in [0.3, 0.4) is 0 Å². The first kappa shape index (κ1) is 14.6. The number of carbonyl (C=O) groups excluding carboxylic acids is 1. The number of hydrogen-bond acceptors (Lipinski definition) is 3. The second-order valence-corrected chi connectivity index (χ2v) is 5.58. The van der Waals surface area contributed by atoms with Crippen molar-refractivity contribution in [3.63, 3.8) is 0 Å². The van der Waals surface area contributed by atoms with Gasteiger partial charge in [0.05, 0.1) is 12.0 Å². The fourth-order valence-electron chi connectivity index (χ4n) is 2.97. The Kier molecular flexibility index (Phi) is 4.16. The maximum absolute atomic E-state index is 12.3. The number of rotatable bonds is 5. The molecule has 1 fully saturated rings. The zero-order valence-electron chi connectivity index (χ0n) is 12.0. The number of furan rings is 1. The van der Waals surface area contributed by atoms with E-state index in [2.05, 4.69) is 5.32 Å². The average Bonchev–Trinajstić information content (AvgIpc) is 2.95. The lowest BCUT2D eigenvalue weighted by Gasteiger charge is -2.28. The van der Waals surface area contributed by atoms with Crippen molar-refractivity contribution in [2.45, 2.75) is 57.9 Å². The molecule has 0 saturated heterocycles. The minimum absolute atomic E-state index is 0.0287. The smallest absolute Gasteiger partial charge is 0.305 e. The first-order valence-corrected chi connectivity index (χ1v) is 7.09. The fourth-order valence-corrected chi connectivity index (χ4v) is 2.97. The summed E-state index contributed by atoms with van der Waals surface area (Å²) in [5, 5.41) is 11.9. The average molecular weight is 279 g/mol. The lowest BCUT2D eigenvalue weighted by atomic mass is 9.93. The Morgan fingerprint density at radius 2 is 2.05 bits per heavy atom. The van der Waals surface area contributed by atoms with Crippen LogP contribution in [0.2, 0.25) is 0 Å². The molecule has 0 bridgehead atoms. The second kappa shape index (κ2) is 5.69. The summed E-state index contributed by atoms with van der Waals surface area (Å²) in [6.07, 6.45) is 4.03. The summed E-state index contributed by atoms with van der Waals surface area (Å²) in [5.41, 5.74) is 0.340. The van der Waals surface area contributed by atoms with Gasteiger partial charge in [-0.15, -0.1) is 0 Å².